The Labute approximate surface area is 206 Å². The van der Waals surface area contributed by atoms with Crippen molar-refractivity contribution in [2.45, 2.75) is 37.6 Å². The largest absolute Gasteiger partial charge is 0.481 e. The second kappa shape index (κ2) is 8.85. The van der Waals surface area contributed by atoms with Crippen LogP contribution in [0.1, 0.15) is 54.3 Å². The zero-order chi connectivity index (χ0) is 24.0. The van der Waals surface area contributed by atoms with Crippen LogP contribution in [0.3, 0.4) is 0 Å². The molecule has 2 heterocycles. The van der Waals surface area contributed by atoms with Crippen LogP contribution in [-0.4, -0.2) is 31.1 Å². The van der Waals surface area contributed by atoms with E-state index in [1.54, 1.807) is 23.9 Å². The topological polar surface area (TPSA) is 80.9 Å². The average Bonchev–Trinajstić information content (AvgIpc) is 3.60. The van der Waals surface area contributed by atoms with Gasteiger partial charge in [0.05, 0.1) is 28.3 Å². The van der Waals surface area contributed by atoms with Crippen molar-refractivity contribution in [3.05, 3.63) is 88.1 Å². The molecule has 0 radical (unpaired) electrons. The molecule has 8 heteroatoms. The zero-order valence-electron chi connectivity index (χ0n) is 18.4. The Morgan fingerprint density at radius 2 is 2.00 bits per heavy atom. The first-order chi connectivity index (χ1) is 16.4. The molecule has 0 aliphatic heterocycles. The van der Waals surface area contributed by atoms with Gasteiger partial charge in [-0.05, 0) is 48.9 Å². The summed E-state index contributed by atoms with van der Waals surface area (Å²) in [6.45, 7) is 5.69. The molecule has 1 fully saturated rings. The first kappa shape index (κ1) is 22.6. The SMILES string of the molecule is C=C[C@H](c1c(Cl)ccc(C2CC2)c1Cl)n1nnc2cnc(-c3ccccc3C(C)C(=O)O)cc21. The Kier molecular flexibility index (Phi) is 5.88. The second-order valence-electron chi connectivity index (χ2n) is 8.56. The molecule has 5 rings (SSSR count). The van der Waals surface area contributed by atoms with Gasteiger partial charge in [-0.1, -0.05) is 64.8 Å². The Morgan fingerprint density at radius 1 is 1.24 bits per heavy atom. The number of rotatable bonds is 7. The standard InChI is InChI=1S/C26H22Cl2N4O2/c1-3-22(24-19(27)11-10-17(25(24)28)15-8-9-15)32-23-12-20(29-13-21(23)30-31-32)18-7-5-4-6-16(18)14(2)26(33)34/h3-7,10-15,22H,1,8-9H2,2H3,(H,33,34)/t14?,22-/m1/s1. The second-order valence-corrected chi connectivity index (χ2v) is 9.34. The van der Waals surface area contributed by atoms with E-state index in [4.69, 9.17) is 23.2 Å². The maximum absolute atomic E-state index is 11.7. The molecule has 4 aromatic rings. The van der Waals surface area contributed by atoms with E-state index >= 15 is 0 Å². The summed E-state index contributed by atoms with van der Waals surface area (Å²) in [7, 11) is 0. The summed E-state index contributed by atoms with van der Waals surface area (Å²) >= 11 is 13.5. The molecule has 1 aliphatic carbocycles. The number of hydrogen-bond acceptors (Lipinski definition) is 4. The Balaban J connectivity index is 1.65. The van der Waals surface area contributed by atoms with Crippen molar-refractivity contribution < 1.29 is 9.90 Å². The monoisotopic (exact) mass is 492 g/mol. The first-order valence-electron chi connectivity index (χ1n) is 11.0. The van der Waals surface area contributed by atoms with Gasteiger partial charge in [0.2, 0.25) is 0 Å². The summed E-state index contributed by atoms with van der Waals surface area (Å²) in [5.41, 5.74) is 5.22. The van der Waals surface area contributed by atoms with E-state index in [1.807, 2.05) is 42.5 Å². The predicted octanol–water partition coefficient (Wildman–Crippen LogP) is 6.64. The lowest BCUT2D eigenvalue weighted by molar-refractivity contribution is -0.138. The molecular weight excluding hydrogens is 471 g/mol. The number of hydrogen-bond donors (Lipinski definition) is 1. The van der Waals surface area contributed by atoms with E-state index in [9.17, 15) is 9.90 Å². The predicted molar refractivity (Wildman–Crippen MR) is 134 cm³/mol. The van der Waals surface area contributed by atoms with Gasteiger partial charge in [0.15, 0.2) is 0 Å². The summed E-state index contributed by atoms with van der Waals surface area (Å²) in [4.78, 5) is 16.2. The van der Waals surface area contributed by atoms with E-state index in [-0.39, 0.29) is 0 Å². The van der Waals surface area contributed by atoms with Crippen molar-refractivity contribution in [3.63, 3.8) is 0 Å². The number of benzene rings is 2. The molecule has 6 nitrogen and oxygen atoms in total. The highest BCUT2D eigenvalue weighted by atomic mass is 35.5. The van der Waals surface area contributed by atoms with Crippen molar-refractivity contribution in [3.8, 4) is 11.3 Å². The van der Waals surface area contributed by atoms with Crippen LogP contribution in [-0.2, 0) is 4.79 Å². The van der Waals surface area contributed by atoms with Crippen LogP contribution in [0, 0.1) is 0 Å². The number of aromatic nitrogens is 4. The van der Waals surface area contributed by atoms with Crippen LogP contribution in [0.5, 0.6) is 0 Å². The highest BCUT2D eigenvalue weighted by Crippen LogP contribution is 2.47. The third-order valence-corrected chi connectivity index (χ3v) is 7.14. The molecule has 1 saturated carbocycles. The quantitative estimate of drug-likeness (QED) is 0.292. The number of halogens is 2. The van der Waals surface area contributed by atoms with Crippen LogP contribution in [0.15, 0.2) is 61.3 Å². The van der Waals surface area contributed by atoms with E-state index < -0.39 is 17.9 Å². The van der Waals surface area contributed by atoms with Gasteiger partial charge < -0.3 is 5.11 Å². The van der Waals surface area contributed by atoms with Gasteiger partial charge in [-0.15, -0.1) is 11.7 Å². The molecule has 172 valence electrons. The molecular formula is C26H22Cl2N4O2. The van der Waals surface area contributed by atoms with Gasteiger partial charge in [-0.3, -0.25) is 9.78 Å². The minimum Gasteiger partial charge on any atom is -0.481 e. The van der Waals surface area contributed by atoms with Gasteiger partial charge in [0, 0.05) is 16.1 Å². The smallest absolute Gasteiger partial charge is 0.310 e. The Hall–Kier alpha value is -3.22. The number of nitrogens with zero attached hydrogens (tertiary/aromatic N) is 4. The highest BCUT2D eigenvalue weighted by molar-refractivity contribution is 6.36. The first-order valence-corrected chi connectivity index (χ1v) is 11.8. The number of carboxylic acid groups (broad SMARTS) is 1. The fourth-order valence-corrected chi connectivity index (χ4v) is 5.09. The lowest BCUT2D eigenvalue weighted by Crippen LogP contribution is -2.12. The normalized spacial score (nSPS) is 15.3. The van der Waals surface area contributed by atoms with Gasteiger partial charge in [-0.2, -0.15) is 0 Å². The molecule has 1 aliphatic rings. The van der Waals surface area contributed by atoms with Crippen LogP contribution in [0.4, 0.5) is 0 Å². The Bertz CT molecular complexity index is 1430. The molecule has 2 atom stereocenters. The van der Waals surface area contributed by atoms with E-state index in [0.29, 0.717) is 32.7 Å². The molecule has 0 amide bonds. The van der Waals surface area contributed by atoms with Crippen molar-refractivity contribution in [1.29, 1.82) is 0 Å². The third kappa shape index (κ3) is 3.87. The van der Waals surface area contributed by atoms with Crippen LogP contribution in [0.25, 0.3) is 22.3 Å². The number of fused-ring (bicyclic) bond motifs is 1. The number of pyridine rings is 1. The molecule has 2 aromatic carbocycles. The summed E-state index contributed by atoms with van der Waals surface area (Å²) in [6, 6.07) is 12.7. The zero-order valence-corrected chi connectivity index (χ0v) is 20.0. The van der Waals surface area contributed by atoms with E-state index in [1.165, 1.54) is 0 Å². The van der Waals surface area contributed by atoms with Crippen molar-refractivity contribution in [2.24, 2.45) is 0 Å². The summed E-state index contributed by atoms with van der Waals surface area (Å²) in [5.74, 6) is -1.11. The van der Waals surface area contributed by atoms with Gasteiger partial charge in [0.25, 0.3) is 0 Å². The van der Waals surface area contributed by atoms with Crippen LogP contribution >= 0.6 is 23.2 Å². The number of carboxylic acids is 1. The lowest BCUT2D eigenvalue weighted by Gasteiger charge is -2.19. The van der Waals surface area contributed by atoms with Gasteiger partial charge in [0.1, 0.15) is 11.6 Å². The summed E-state index contributed by atoms with van der Waals surface area (Å²) in [5, 5.41) is 19.4. The van der Waals surface area contributed by atoms with Crippen molar-refractivity contribution in [2.75, 3.05) is 0 Å². The van der Waals surface area contributed by atoms with E-state index in [0.717, 1.165) is 35.0 Å². The molecule has 34 heavy (non-hydrogen) atoms. The molecule has 2 aromatic heterocycles. The van der Waals surface area contributed by atoms with E-state index in [2.05, 4.69) is 21.9 Å². The fourth-order valence-electron chi connectivity index (χ4n) is 4.34. The van der Waals surface area contributed by atoms with Gasteiger partial charge in [-0.25, -0.2) is 4.68 Å². The van der Waals surface area contributed by atoms with Crippen LogP contribution in [0.2, 0.25) is 10.0 Å². The highest BCUT2D eigenvalue weighted by Gasteiger charge is 2.30. The molecule has 0 saturated heterocycles. The maximum Gasteiger partial charge on any atom is 0.310 e. The summed E-state index contributed by atoms with van der Waals surface area (Å²) in [6.07, 6.45) is 5.63. The lowest BCUT2D eigenvalue weighted by atomic mass is 9.93. The molecule has 1 N–H and O–H groups in total. The molecule has 0 spiro atoms. The maximum atomic E-state index is 11.7. The van der Waals surface area contributed by atoms with Gasteiger partial charge >= 0.3 is 5.97 Å². The molecule has 1 unspecified atom stereocenters. The van der Waals surface area contributed by atoms with Crippen molar-refractivity contribution in [1.82, 2.24) is 20.0 Å². The number of allylic oxidation sites excluding steroid dienone is 1. The Morgan fingerprint density at radius 3 is 2.71 bits per heavy atom. The number of aliphatic carboxylic acids is 1. The molecule has 0 bridgehead atoms. The minimum atomic E-state index is -0.896. The third-order valence-electron chi connectivity index (χ3n) is 6.39. The van der Waals surface area contributed by atoms with Crippen molar-refractivity contribution >= 4 is 40.2 Å². The van der Waals surface area contributed by atoms with Crippen LogP contribution < -0.4 is 0 Å². The summed E-state index contributed by atoms with van der Waals surface area (Å²) < 4.78 is 1.74. The minimum absolute atomic E-state index is 0.438. The number of carbonyl (C=O) groups is 1. The fraction of sp³-hybridized carbons (Fsp3) is 0.231. The average molecular weight is 493 g/mol.